The number of likely N-dealkylation sites (N-methyl/N-ethyl adjacent to an activating group) is 1. The van der Waals surface area contributed by atoms with Crippen molar-refractivity contribution in [1.29, 1.82) is 0 Å². The summed E-state index contributed by atoms with van der Waals surface area (Å²) in [6, 6.07) is 4.37. The predicted octanol–water partition coefficient (Wildman–Crippen LogP) is 2.12. The van der Waals surface area contributed by atoms with E-state index in [9.17, 15) is 5.11 Å². The van der Waals surface area contributed by atoms with Crippen molar-refractivity contribution in [1.82, 2.24) is 4.90 Å². The van der Waals surface area contributed by atoms with Crippen molar-refractivity contribution in [3.05, 3.63) is 21.9 Å². The number of nitrogens with zero attached hydrogens (tertiary/aromatic N) is 1. The second-order valence-corrected chi connectivity index (χ2v) is 5.02. The zero-order valence-electron chi connectivity index (χ0n) is 9.16. The lowest BCUT2D eigenvalue weighted by Gasteiger charge is -2.16. The number of aliphatic hydroxyl groups is 1. The molecule has 0 bridgehead atoms. The molecule has 1 atom stereocenters. The van der Waals surface area contributed by atoms with Crippen LogP contribution in [0.1, 0.15) is 23.6 Å². The largest absolute Gasteiger partial charge is 0.392 e. The van der Waals surface area contributed by atoms with Crippen LogP contribution in [0.25, 0.3) is 0 Å². The quantitative estimate of drug-likeness (QED) is 0.810. The van der Waals surface area contributed by atoms with Crippen LogP contribution in [0.4, 0.5) is 0 Å². The topological polar surface area (TPSA) is 23.5 Å². The third-order valence-electron chi connectivity index (χ3n) is 2.07. The number of hydrogen-bond donors (Lipinski definition) is 1. The molecule has 0 spiro atoms. The van der Waals surface area contributed by atoms with E-state index in [1.165, 1.54) is 9.75 Å². The van der Waals surface area contributed by atoms with E-state index < -0.39 is 0 Å². The Morgan fingerprint density at radius 1 is 1.43 bits per heavy atom. The van der Waals surface area contributed by atoms with Gasteiger partial charge in [-0.1, -0.05) is 6.92 Å². The standard InChI is InChI=1S/C11H19NOS/c1-4-10-5-6-11(14-10)8-12(3)7-9(2)13/h5-6,9,13H,4,7-8H2,1-3H3. The molecule has 1 aromatic rings. The van der Waals surface area contributed by atoms with Crippen molar-refractivity contribution >= 4 is 11.3 Å². The summed E-state index contributed by atoms with van der Waals surface area (Å²) >= 11 is 1.86. The van der Waals surface area contributed by atoms with E-state index in [4.69, 9.17) is 0 Å². The Labute approximate surface area is 90.2 Å². The van der Waals surface area contributed by atoms with E-state index in [0.29, 0.717) is 0 Å². The molecule has 0 amide bonds. The highest BCUT2D eigenvalue weighted by Gasteiger charge is 2.05. The highest BCUT2D eigenvalue weighted by atomic mass is 32.1. The first kappa shape index (κ1) is 11.7. The Morgan fingerprint density at radius 3 is 2.57 bits per heavy atom. The lowest BCUT2D eigenvalue weighted by atomic mass is 10.3. The zero-order valence-corrected chi connectivity index (χ0v) is 9.97. The molecule has 2 nitrogen and oxygen atoms in total. The van der Waals surface area contributed by atoms with Gasteiger partial charge in [0, 0.05) is 22.8 Å². The second-order valence-electron chi connectivity index (χ2n) is 3.77. The molecular formula is C11H19NOS. The maximum atomic E-state index is 9.21. The number of aryl methyl sites for hydroxylation is 1. The molecule has 0 saturated heterocycles. The summed E-state index contributed by atoms with van der Waals surface area (Å²) in [6.45, 7) is 5.67. The summed E-state index contributed by atoms with van der Waals surface area (Å²) in [5.74, 6) is 0. The average Bonchev–Trinajstić information content (AvgIpc) is 2.50. The van der Waals surface area contributed by atoms with Gasteiger partial charge in [-0.2, -0.15) is 0 Å². The molecule has 1 unspecified atom stereocenters. The smallest absolute Gasteiger partial charge is 0.0639 e. The Hall–Kier alpha value is -0.380. The number of thiophene rings is 1. The lowest BCUT2D eigenvalue weighted by molar-refractivity contribution is 0.139. The highest BCUT2D eigenvalue weighted by Crippen LogP contribution is 2.18. The van der Waals surface area contributed by atoms with Crippen LogP contribution in [0.15, 0.2) is 12.1 Å². The van der Waals surface area contributed by atoms with E-state index >= 15 is 0 Å². The fraction of sp³-hybridized carbons (Fsp3) is 0.636. The van der Waals surface area contributed by atoms with Crippen LogP contribution in [0.5, 0.6) is 0 Å². The van der Waals surface area contributed by atoms with Gasteiger partial charge in [0.15, 0.2) is 0 Å². The van der Waals surface area contributed by atoms with E-state index in [1.54, 1.807) is 0 Å². The molecule has 0 aliphatic carbocycles. The maximum Gasteiger partial charge on any atom is 0.0639 e. The molecule has 0 radical (unpaired) electrons. The fourth-order valence-electron chi connectivity index (χ4n) is 1.48. The lowest BCUT2D eigenvalue weighted by Crippen LogP contribution is -2.26. The van der Waals surface area contributed by atoms with E-state index in [2.05, 4.69) is 24.0 Å². The molecule has 0 aliphatic rings. The first-order valence-corrected chi connectivity index (χ1v) is 5.87. The van der Waals surface area contributed by atoms with Crippen molar-refractivity contribution < 1.29 is 5.11 Å². The van der Waals surface area contributed by atoms with E-state index in [0.717, 1.165) is 19.5 Å². The summed E-state index contributed by atoms with van der Waals surface area (Å²) in [6.07, 6.45) is 0.871. The molecule has 0 aliphatic heterocycles. The van der Waals surface area contributed by atoms with Crippen LogP contribution in [-0.2, 0) is 13.0 Å². The average molecular weight is 213 g/mol. The summed E-state index contributed by atoms with van der Waals surface area (Å²) in [5, 5.41) is 9.21. The minimum Gasteiger partial charge on any atom is -0.392 e. The van der Waals surface area contributed by atoms with Crippen molar-refractivity contribution in [2.24, 2.45) is 0 Å². The van der Waals surface area contributed by atoms with Gasteiger partial charge in [-0.25, -0.2) is 0 Å². The number of aliphatic hydroxyl groups excluding tert-OH is 1. The first-order chi connectivity index (χ1) is 6.61. The van der Waals surface area contributed by atoms with Crippen LogP contribution in [0.3, 0.4) is 0 Å². The highest BCUT2D eigenvalue weighted by molar-refractivity contribution is 7.11. The van der Waals surface area contributed by atoms with Gasteiger partial charge in [-0.05, 0) is 32.5 Å². The van der Waals surface area contributed by atoms with Crippen LogP contribution < -0.4 is 0 Å². The molecule has 1 rings (SSSR count). The summed E-state index contributed by atoms with van der Waals surface area (Å²) in [4.78, 5) is 4.96. The van der Waals surface area contributed by atoms with Crippen molar-refractivity contribution in [2.45, 2.75) is 32.9 Å². The van der Waals surface area contributed by atoms with Crippen LogP contribution in [0, 0.1) is 0 Å². The Bertz CT molecular complexity index is 270. The molecule has 1 N–H and O–H groups in total. The van der Waals surface area contributed by atoms with Gasteiger partial charge in [0.2, 0.25) is 0 Å². The normalized spacial score (nSPS) is 13.5. The van der Waals surface area contributed by atoms with Gasteiger partial charge < -0.3 is 5.11 Å². The van der Waals surface area contributed by atoms with Crippen molar-refractivity contribution in [3.63, 3.8) is 0 Å². The second kappa shape index (κ2) is 5.49. The molecule has 1 aromatic heterocycles. The van der Waals surface area contributed by atoms with Crippen molar-refractivity contribution in [3.8, 4) is 0 Å². The molecule has 0 fully saturated rings. The third-order valence-corrected chi connectivity index (χ3v) is 3.28. The van der Waals surface area contributed by atoms with Crippen LogP contribution in [0.2, 0.25) is 0 Å². The Morgan fingerprint density at radius 2 is 2.07 bits per heavy atom. The summed E-state index contributed by atoms with van der Waals surface area (Å²) < 4.78 is 0. The van der Waals surface area contributed by atoms with E-state index in [-0.39, 0.29) is 6.10 Å². The fourth-order valence-corrected chi connectivity index (χ4v) is 2.52. The SMILES string of the molecule is CCc1ccc(CN(C)CC(C)O)s1. The number of rotatable bonds is 5. The molecule has 3 heteroatoms. The van der Waals surface area contributed by atoms with Gasteiger partial charge in [0.1, 0.15) is 0 Å². The Kier molecular flexibility index (Phi) is 4.58. The summed E-state index contributed by atoms with van der Waals surface area (Å²) in [5.41, 5.74) is 0. The first-order valence-electron chi connectivity index (χ1n) is 5.06. The minimum atomic E-state index is -0.245. The molecule has 1 heterocycles. The van der Waals surface area contributed by atoms with Crippen LogP contribution in [-0.4, -0.2) is 29.7 Å². The molecular weight excluding hydrogens is 194 g/mol. The molecule has 0 aromatic carbocycles. The Balaban J connectivity index is 2.43. The van der Waals surface area contributed by atoms with Crippen molar-refractivity contribution in [2.75, 3.05) is 13.6 Å². The van der Waals surface area contributed by atoms with Gasteiger partial charge in [0.05, 0.1) is 6.10 Å². The van der Waals surface area contributed by atoms with Gasteiger partial charge in [0.25, 0.3) is 0 Å². The monoisotopic (exact) mass is 213 g/mol. The summed E-state index contributed by atoms with van der Waals surface area (Å²) in [7, 11) is 2.04. The van der Waals surface area contributed by atoms with Gasteiger partial charge in [-0.3, -0.25) is 4.90 Å². The minimum absolute atomic E-state index is 0.245. The van der Waals surface area contributed by atoms with Gasteiger partial charge in [-0.15, -0.1) is 11.3 Å². The number of hydrogen-bond acceptors (Lipinski definition) is 3. The molecule has 0 saturated carbocycles. The predicted molar refractivity (Wildman–Crippen MR) is 61.7 cm³/mol. The third kappa shape index (κ3) is 3.78. The van der Waals surface area contributed by atoms with E-state index in [1.807, 2.05) is 25.3 Å². The maximum absolute atomic E-state index is 9.21. The van der Waals surface area contributed by atoms with Crippen LogP contribution >= 0.6 is 11.3 Å². The molecule has 80 valence electrons. The molecule has 14 heavy (non-hydrogen) atoms. The van der Waals surface area contributed by atoms with Gasteiger partial charge >= 0.3 is 0 Å². The zero-order chi connectivity index (χ0) is 10.6.